The van der Waals surface area contributed by atoms with Crippen molar-refractivity contribution >= 4 is 38.3 Å². The van der Waals surface area contributed by atoms with Gasteiger partial charge in [-0.1, -0.05) is 11.3 Å². The third kappa shape index (κ3) is 3.18. The Bertz CT molecular complexity index is 466. The highest BCUT2D eigenvalue weighted by atomic mass is 79.9. The molecule has 2 aromatic heterocycles. The van der Waals surface area contributed by atoms with E-state index in [0.29, 0.717) is 18.1 Å². The molecular formula is C10H10BrN3OS. The molecular weight excluding hydrogens is 290 g/mol. The molecule has 0 aliphatic heterocycles. The zero-order valence-electron chi connectivity index (χ0n) is 8.39. The third-order valence-corrected chi connectivity index (χ3v) is 3.38. The van der Waals surface area contributed by atoms with Gasteiger partial charge >= 0.3 is 0 Å². The lowest BCUT2D eigenvalue weighted by Gasteiger charge is -2.02. The van der Waals surface area contributed by atoms with Gasteiger partial charge in [0.25, 0.3) is 0 Å². The van der Waals surface area contributed by atoms with Gasteiger partial charge in [0.1, 0.15) is 0 Å². The van der Waals surface area contributed by atoms with E-state index in [0.717, 1.165) is 3.79 Å². The summed E-state index contributed by atoms with van der Waals surface area (Å²) in [4.78, 5) is 15.6. The number of anilines is 1. The summed E-state index contributed by atoms with van der Waals surface area (Å²) in [6.45, 7) is 0.686. The number of hydrogen-bond donors (Lipinski definition) is 1. The van der Waals surface area contributed by atoms with Gasteiger partial charge in [-0.05, 0) is 28.1 Å². The third-order valence-electron chi connectivity index (χ3n) is 1.99. The van der Waals surface area contributed by atoms with Gasteiger partial charge in [0, 0.05) is 25.4 Å². The van der Waals surface area contributed by atoms with Gasteiger partial charge in [-0.2, -0.15) is 0 Å². The number of rotatable bonds is 4. The van der Waals surface area contributed by atoms with Crippen molar-refractivity contribution in [1.82, 2.24) is 9.55 Å². The Morgan fingerprint density at radius 3 is 2.88 bits per heavy atom. The first-order valence-electron chi connectivity index (χ1n) is 4.76. The zero-order valence-corrected chi connectivity index (χ0v) is 10.8. The van der Waals surface area contributed by atoms with Crippen molar-refractivity contribution in [2.45, 2.75) is 13.0 Å². The molecule has 0 bridgehead atoms. The van der Waals surface area contributed by atoms with Crippen LogP contribution < -0.4 is 5.32 Å². The number of carbonyl (C=O) groups excluding carboxylic acids is 1. The topological polar surface area (TPSA) is 46.9 Å². The highest BCUT2D eigenvalue weighted by Crippen LogP contribution is 2.23. The summed E-state index contributed by atoms with van der Waals surface area (Å²) in [5, 5.41) is 3.38. The number of aryl methyl sites for hydroxylation is 1. The summed E-state index contributed by atoms with van der Waals surface area (Å²) in [6.07, 6.45) is 6.00. The molecule has 16 heavy (non-hydrogen) atoms. The summed E-state index contributed by atoms with van der Waals surface area (Å²) in [5.74, 6) is -0.0180. The van der Waals surface area contributed by atoms with E-state index in [2.05, 4.69) is 26.2 Å². The Kier molecular flexibility index (Phi) is 3.74. The summed E-state index contributed by atoms with van der Waals surface area (Å²) in [5.41, 5.74) is 0. The summed E-state index contributed by atoms with van der Waals surface area (Å²) < 4.78 is 2.88. The van der Waals surface area contributed by atoms with Gasteiger partial charge in [-0.15, -0.1) is 0 Å². The smallest absolute Gasteiger partial charge is 0.227 e. The number of thiazole rings is 1. The molecule has 0 saturated carbocycles. The molecule has 0 aliphatic rings. The Balaban J connectivity index is 1.81. The molecule has 0 aliphatic carbocycles. The Hall–Kier alpha value is -1.14. The second kappa shape index (κ2) is 5.27. The van der Waals surface area contributed by atoms with E-state index in [-0.39, 0.29) is 5.91 Å². The van der Waals surface area contributed by atoms with Crippen LogP contribution in [0.15, 0.2) is 34.5 Å². The highest BCUT2D eigenvalue weighted by Gasteiger charge is 2.05. The molecule has 6 heteroatoms. The lowest BCUT2D eigenvalue weighted by atomic mass is 10.4. The molecule has 4 nitrogen and oxygen atoms in total. The molecule has 0 radical (unpaired) electrons. The predicted molar refractivity (Wildman–Crippen MR) is 67.5 cm³/mol. The SMILES string of the molecule is O=C(CCn1cccc1)Nc1ncc(Br)s1. The number of carbonyl (C=O) groups is 1. The Labute approximate surface area is 105 Å². The van der Waals surface area contributed by atoms with E-state index < -0.39 is 0 Å². The quantitative estimate of drug-likeness (QED) is 0.943. The van der Waals surface area contributed by atoms with E-state index in [4.69, 9.17) is 0 Å². The number of amides is 1. The molecule has 0 unspecified atom stereocenters. The van der Waals surface area contributed by atoms with Crippen LogP contribution in [0.25, 0.3) is 0 Å². The van der Waals surface area contributed by atoms with Gasteiger partial charge in [-0.3, -0.25) is 4.79 Å². The fourth-order valence-electron chi connectivity index (χ4n) is 1.24. The Morgan fingerprint density at radius 1 is 1.50 bits per heavy atom. The maximum atomic E-state index is 11.5. The molecule has 0 saturated heterocycles. The number of aromatic nitrogens is 2. The molecule has 1 N–H and O–H groups in total. The van der Waals surface area contributed by atoms with Crippen molar-refractivity contribution < 1.29 is 4.79 Å². The fourth-order valence-corrected chi connectivity index (χ4v) is 2.37. The van der Waals surface area contributed by atoms with E-state index in [1.807, 2.05) is 29.1 Å². The number of halogens is 1. The molecule has 2 rings (SSSR count). The summed E-state index contributed by atoms with van der Waals surface area (Å²) in [6, 6.07) is 3.88. The number of hydrogen-bond acceptors (Lipinski definition) is 3. The largest absolute Gasteiger partial charge is 0.354 e. The van der Waals surface area contributed by atoms with Crippen LogP contribution in [0, 0.1) is 0 Å². The van der Waals surface area contributed by atoms with Crippen LogP contribution in [-0.2, 0) is 11.3 Å². The van der Waals surface area contributed by atoms with Crippen LogP contribution in [0.3, 0.4) is 0 Å². The average molecular weight is 300 g/mol. The van der Waals surface area contributed by atoms with Crippen molar-refractivity contribution in [3.63, 3.8) is 0 Å². The van der Waals surface area contributed by atoms with Gasteiger partial charge in [0.2, 0.25) is 5.91 Å². The molecule has 2 heterocycles. The highest BCUT2D eigenvalue weighted by molar-refractivity contribution is 9.11. The van der Waals surface area contributed by atoms with Gasteiger partial charge in [-0.25, -0.2) is 4.98 Å². The van der Waals surface area contributed by atoms with Crippen molar-refractivity contribution in [2.24, 2.45) is 0 Å². The minimum absolute atomic E-state index is 0.0180. The first-order valence-corrected chi connectivity index (χ1v) is 6.37. The molecule has 0 atom stereocenters. The van der Waals surface area contributed by atoms with Crippen molar-refractivity contribution in [2.75, 3.05) is 5.32 Å². The van der Waals surface area contributed by atoms with Crippen LogP contribution in [0.4, 0.5) is 5.13 Å². The number of nitrogens with zero attached hydrogens (tertiary/aromatic N) is 2. The zero-order chi connectivity index (χ0) is 11.4. The van der Waals surface area contributed by atoms with E-state index >= 15 is 0 Å². The second-order valence-corrected chi connectivity index (χ2v) is 5.60. The van der Waals surface area contributed by atoms with Crippen molar-refractivity contribution in [3.05, 3.63) is 34.5 Å². The van der Waals surface area contributed by atoms with Crippen LogP contribution >= 0.6 is 27.3 Å². The number of nitrogens with one attached hydrogen (secondary N) is 1. The minimum Gasteiger partial charge on any atom is -0.354 e. The van der Waals surface area contributed by atoms with Gasteiger partial charge < -0.3 is 9.88 Å². The van der Waals surface area contributed by atoms with E-state index in [1.54, 1.807) is 6.20 Å². The normalized spacial score (nSPS) is 10.3. The molecule has 0 spiro atoms. The van der Waals surface area contributed by atoms with Crippen LogP contribution in [0.5, 0.6) is 0 Å². The van der Waals surface area contributed by atoms with Crippen molar-refractivity contribution in [1.29, 1.82) is 0 Å². The first kappa shape index (κ1) is 11.3. The van der Waals surface area contributed by atoms with Crippen LogP contribution in [-0.4, -0.2) is 15.5 Å². The van der Waals surface area contributed by atoms with Gasteiger partial charge in [0.05, 0.1) is 9.98 Å². The first-order chi connectivity index (χ1) is 7.74. The Morgan fingerprint density at radius 2 is 2.25 bits per heavy atom. The van der Waals surface area contributed by atoms with Crippen LogP contribution in [0.1, 0.15) is 6.42 Å². The molecule has 84 valence electrons. The maximum Gasteiger partial charge on any atom is 0.227 e. The summed E-state index contributed by atoms with van der Waals surface area (Å²) >= 11 is 4.70. The van der Waals surface area contributed by atoms with Crippen LogP contribution in [0.2, 0.25) is 0 Å². The fraction of sp³-hybridized carbons (Fsp3) is 0.200. The molecule has 0 aromatic carbocycles. The lowest BCUT2D eigenvalue weighted by molar-refractivity contribution is -0.116. The molecule has 0 fully saturated rings. The predicted octanol–water partition coefficient (Wildman–Crippen LogP) is 2.74. The molecule has 2 aromatic rings. The second-order valence-electron chi connectivity index (χ2n) is 3.19. The summed E-state index contributed by atoms with van der Waals surface area (Å²) in [7, 11) is 0. The van der Waals surface area contributed by atoms with Crippen molar-refractivity contribution in [3.8, 4) is 0 Å². The standard InChI is InChI=1S/C10H10BrN3OS/c11-8-7-12-10(16-8)13-9(15)3-6-14-4-1-2-5-14/h1-2,4-5,7H,3,6H2,(H,12,13,15). The lowest BCUT2D eigenvalue weighted by Crippen LogP contribution is -2.13. The van der Waals surface area contributed by atoms with Gasteiger partial charge in [0.15, 0.2) is 5.13 Å². The average Bonchev–Trinajstić information content (AvgIpc) is 2.87. The van der Waals surface area contributed by atoms with E-state index in [9.17, 15) is 4.79 Å². The van der Waals surface area contributed by atoms with E-state index in [1.165, 1.54) is 11.3 Å². The monoisotopic (exact) mass is 299 g/mol. The maximum absolute atomic E-state index is 11.5. The minimum atomic E-state index is -0.0180. The molecule has 1 amide bonds.